The molecule has 4 aromatic rings. The number of aryl methyl sites for hydroxylation is 1. The molecular formula is C22H20BrFN4O. The highest BCUT2D eigenvalue weighted by Crippen LogP contribution is 2.27. The minimum absolute atomic E-state index is 0.260. The molecule has 0 fully saturated rings. The minimum atomic E-state index is -0.294. The van der Waals surface area contributed by atoms with Crippen molar-refractivity contribution in [2.75, 3.05) is 6.61 Å². The molecule has 3 N–H and O–H groups in total. The monoisotopic (exact) mass is 454 g/mol. The van der Waals surface area contributed by atoms with Crippen molar-refractivity contribution in [3.8, 4) is 16.9 Å². The van der Waals surface area contributed by atoms with Crippen molar-refractivity contribution in [2.45, 2.75) is 19.4 Å². The van der Waals surface area contributed by atoms with E-state index in [1.54, 1.807) is 18.5 Å². The van der Waals surface area contributed by atoms with E-state index >= 15 is 0 Å². The second-order valence-corrected chi connectivity index (χ2v) is 7.87. The number of rotatable bonds is 6. The van der Waals surface area contributed by atoms with Crippen LogP contribution in [0.3, 0.4) is 0 Å². The highest BCUT2D eigenvalue weighted by atomic mass is 79.9. The van der Waals surface area contributed by atoms with Crippen molar-refractivity contribution in [3.63, 3.8) is 0 Å². The number of halogens is 2. The molecule has 0 saturated heterocycles. The average Bonchev–Trinajstić information content (AvgIpc) is 3.10. The first kappa shape index (κ1) is 19.5. The highest BCUT2D eigenvalue weighted by molar-refractivity contribution is 9.10. The van der Waals surface area contributed by atoms with Crippen molar-refractivity contribution >= 4 is 26.8 Å². The number of ether oxygens (including phenoxy) is 1. The van der Waals surface area contributed by atoms with Crippen LogP contribution in [0.25, 0.3) is 22.0 Å². The summed E-state index contributed by atoms with van der Waals surface area (Å²) in [5.74, 6) is 0.348. The molecule has 29 heavy (non-hydrogen) atoms. The Kier molecular flexibility index (Phi) is 5.60. The van der Waals surface area contributed by atoms with Crippen molar-refractivity contribution in [3.05, 3.63) is 76.4 Å². The number of nitrogens with one attached hydrogen (secondary N) is 1. The van der Waals surface area contributed by atoms with E-state index in [-0.39, 0.29) is 11.9 Å². The minimum Gasteiger partial charge on any atom is -0.490 e. The highest BCUT2D eigenvalue weighted by Gasteiger charge is 2.10. The molecule has 7 heteroatoms. The summed E-state index contributed by atoms with van der Waals surface area (Å²) in [5.41, 5.74) is 10.9. The Balaban J connectivity index is 1.44. The van der Waals surface area contributed by atoms with Gasteiger partial charge in [0.25, 0.3) is 0 Å². The van der Waals surface area contributed by atoms with Crippen LogP contribution in [0.5, 0.6) is 5.75 Å². The standard InChI is InChI=1S/C22H20BrFN4O/c1-13-19-9-15(3-5-22(19)28-27-13)16-8-18(11-26-10-16)29-12-17(25)6-14-2-4-20(23)21(24)7-14/h2-5,7-11,17H,6,12,25H2,1H3,(H,27,28)/t17-/m0/s1. The smallest absolute Gasteiger partial charge is 0.138 e. The van der Waals surface area contributed by atoms with Gasteiger partial charge in [-0.15, -0.1) is 0 Å². The van der Waals surface area contributed by atoms with E-state index in [0.717, 1.165) is 33.3 Å². The summed E-state index contributed by atoms with van der Waals surface area (Å²) in [7, 11) is 0. The second kappa shape index (κ2) is 8.31. The molecule has 0 bridgehead atoms. The predicted octanol–water partition coefficient (Wildman–Crippen LogP) is 4.78. The molecule has 2 aromatic carbocycles. The first-order valence-corrected chi connectivity index (χ1v) is 10.0. The Bertz CT molecular complexity index is 1160. The van der Waals surface area contributed by atoms with Gasteiger partial charge in [0.1, 0.15) is 18.2 Å². The third kappa shape index (κ3) is 4.46. The summed E-state index contributed by atoms with van der Waals surface area (Å²) in [6.45, 7) is 2.30. The zero-order chi connectivity index (χ0) is 20.4. The molecule has 4 rings (SSSR count). The lowest BCUT2D eigenvalue weighted by atomic mass is 10.0. The maximum atomic E-state index is 13.7. The van der Waals surface area contributed by atoms with Gasteiger partial charge in [-0.05, 0) is 70.7 Å². The molecular weight excluding hydrogens is 435 g/mol. The molecule has 2 aromatic heterocycles. The molecule has 0 aliphatic rings. The summed E-state index contributed by atoms with van der Waals surface area (Å²) in [5, 5.41) is 8.34. The van der Waals surface area contributed by atoms with Crippen LogP contribution in [0.2, 0.25) is 0 Å². The second-order valence-electron chi connectivity index (χ2n) is 7.01. The summed E-state index contributed by atoms with van der Waals surface area (Å²) in [6.07, 6.45) is 3.98. The van der Waals surface area contributed by atoms with Gasteiger partial charge in [-0.3, -0.25) is 10.1 Å². The lowest BCUT2D eigenvalue weighted by Gasteiger charge is -2.14. The average molecular weight is 455 g/mol. The van der Waals surface area contributed by atoms with E-state index in [0.29, 0.717) is 23.2 Å². The number of benzene rings is 2. The van der Waals surface area contributed by atoms with Crippen LogP contribution < -0.4 is 10.5 Å². The van der Waals surface area contributed by atoms with Crippen LogP contribution in [-0.4, -0.2) is 27.8 Å². The third-order valence-corrected chi connectivity index (χ3v) is 5.38. The summed E-state index contributed by atoms with van der Waals surface area (Å²) >= 11 is 3.15. The van der Waals surface area contributed by atoms with Gasteiger partial charge in [-0.2, -0.15) is 5.10 Å². The zero-order valence-electron chi connectivity index (χ0n) is 15.8. The number of hydrogen-bond donors (Lipinski definition) is 2. The van der Waals surface area contributed by atoms with Gasteiger partial charge in [0.2, 0.25) is 0 Å². The van der Waals surface area contributed by atoms with E-state index in [1.807, 2.05) is 31.2 Å². The Hall–Kier alpha value is -2.77. The number of aromatic nitrogens is 3. The zero-order valence-corrected chi connectivity index (χ0v) is 17.4. The summed E-state index contributed by atoms with van der Waals surface area (Å²) in [4.78, 5) is 4.29. The van der Waals surface area contributed by atoms with Crippen LogP contribution in [-0.2, 0) is 6.42 Å². The maximum absolute atomic E-state index is 13.7. The first-order chi connectivity index (χ1) is 14.0. The van der Waals surface area contributed by atoms with E-state index in [9.17, 15) is 4.39 Å². The Morgan fingerprint density at radius 1 is 1.14 bits per heavy atom. The molecule has 0 aliphatic carbocycles. The van der Waals surface area contributed by atoms with Gasteiger partial charge < -0.3 is 10.5 Å². The fourth-order valence-electron chi connectivity index (χ4n) is 3.20. The Morgan fingerprint density at radius 3 is 2.83 bits per heavy atom. The molecule has 0 spiro atoms. The lowest BCUT2D eigenvalue weighted by molar-refractivity contribution is 0.286. The molecule has 5 nitrogen and oxygen atoms in total. The molecule has 0 saturated carbocycles. The summed E-state index contributed by atoms with van der Waals surface area (Å²) in [6, 6.07) is 12.8. The number of H-pyrrole nitrogens is 1. The molecule has 1 atom stereocenters. The largest absolute Gasteiger partial charge is 0.490 e. The van der Waals surface area contributed by atoms with Gasteiger partial charge in [0.05, 0.1) is 16.2 Å². The maximum Gasteiger partial charge on any atom is 0.138 e. The van der Waals surface area contributed by atoms with Gasteiger partial charge in [0.15, 0.2) is 0 Å². The molecule has 0 amide bonds. The number of hydrogen-bond acceptors (Lipinski definition) is 4. The van der Waals surface area contributed by atoms with Crippen molar-refractivity contribution in [1.82, 2.24) is 15.2 Å². The van der Waals surface area contributed by atoms with E-state index in [2.05, 4.69) is 37.2 Å². The molecule has 0 aliphatic heterocycles. The normalized spacial score (nSPS) is 12.3. The van der Waals surface area contributed by atoms with Crippen LogP contribution in [0.4, 0.5) is 4.39 Å². The predicted molar refractivity (Wildman–Crippen MR) is 115 cm³/mol. The van der Waals surface area contributed by atoms with Crippen molar-refractivity contribution in [1.29, 1.82) is 0 Å². The Labute approximate surface area is 176 Å². The fraction of sp³-hybridized carbons (Fsp3) is 0.182. The van der Waals surface area contributed by atoms with Crippen molar-refractivity contribution < 1.29 is 9.13 Å². The van der Waals surface area contributed by atoms with Gasteiger partial charge >= 0.3 is 0 Å². The molecule has 0 unspecified atom stereocenters. The van der Waals surface area contributed by atoms with Gasteiger partial charge in [-0.25, -0.2) is 4.39 Å². The number of fused-ring (bicyclic) bond motifs is 1. The number of pyridine rings is 1. The number of nitrogens with two attached hydrogens (primary N) is 1. The van der Waals surface area contributed by atoms with Crippen LogP contribution in [0.15, 0.2) is 59.3 Å². The molecule has 148 valence electrons. The van der Waals surface area contributed by atoms with Crippen LogP contribution in [0, 0.1) is 12.7 Å². The van der Waals surface area contributed by atoms with Crippen molar-refractivity contribution in [2.24, 2.45) is 5.73 Å². The fourth-order valence-corrected chi connectivity index (χ4v) is 3.45. The number of aromatic amines is 1. The van der Waals surface area contributed by atoms with Gasteiger partial charge in [-0.1, -0.05) is 12.1 Å². The topological polar surface area (TPSA) is 76.8 Å². The summed E-state index contributed by atoms with van der Waals surface area (Å²) < 4.78 is 19.9. The van der Waals surface area contributed by atoms with Gasteiger partial charge in [0, 0.05) is 28.9 Å². The van der Waals surface area contributed by atoms with Crippen LogP contribution in [0.1, 0.15) is 11.3 Å². The van der Waals surface area contributed by atoms with E-state index < -0.39 is 0 Å². The SMILES string of the molecule is Cc1[nH]nc2ccc(-c3cncc(OC[C@@H](N)Cc4ccc(Br)c(F)c4)c3)cc12. The van der Waals surface area contributed by atoms with E-state index in [1.165, 1.54) is 6.07 Å². The lowest BCUT2D eigenvalue weighted by Crippen LogP contribution is -2.30. The van der Waals surface area contributed by atoms with Crippen LogP contribution >= 0.6 is 15.9 Å². The molecule has 0 radical (unpaired) electrons. The molecule has 2 heterocycles. The third-order valence-electron chi connectivity index (χ3n) is 4.74. The van der Waals surface area contributed by atoms with E-state index in [4.69, 9.17) is 10.5 Å². The number of nitrogens with zero attached hydrogens (tertiary/aromatic N) is 2. The Morgan fingerprint density at radius 2 is 2.00 bits per heavy atom. The first-order valence-electron chi connectivity index (χ1n) is 9.22. The quantitative estimate of drug-likeness (QED) is 0.439.